The van der Waals surface area contributed by atoms with Crippen LogP contribution in [0.2, 0.25) is 51.4 Å². The zero-order valence-corrected chi connectivity index (χ0v) is 24.0. The number of rotatable bonds is 6. The van der Waals surface area contributed by atoms with Crippen molar-refractivity contribution in [1.29, 1.82) is 0 Å². The van der Waals surface area contributed by atoms with Crippen molar-refractivity contribution in [2.24, 2.45) is 0 Å². The van der Waals surface area contributed by atoms with Crippen molar-refractivity contribution in [3.05, 3.63) is 24.3 Å². The minimum absolute atomic E-state index is 0.534. The highest BCUT2D eigenvalue weighted by molar-refractivity contribution is 6.91. The molecule has 0 aliphatic carbocycles. The average Bonchev–Trinajstić information content (AvgIpc) is 2.64. The Morgan fingerprint density at radius 1 is 1.14 bits per heavy atom. The summed E-state index contributed by atoms with van der Waals surface area (Å²) in [5, 5.41) is 1.24. The zero-order chi connectivity index (χ0) is 21.8. The lowest BCUT2D eigenvalue weighted by Gasteiger charge is -2.38. The molecule has 1 aliphatic rings. The highest BCUT2D eigenvalue weighted by atomic mass is 28.5. The molecule has 2 unspecified atom stereocenters. The van der Waals surface area contributed by atoms with E-state index in [1.54, 1.807) is 7.05 Å². The Balaban J connectivity index is 2.13. The summed E-state index contributed by atoms with van der Waals surface area (Å²) in [6.07, 6.45) is 0. The topological polar surface area (TPSA) is 57.2 Å². The molecule has 0 saturated carbocycles. The quantitative estimate of drug-likeness (QED) is 0.571. The molecular formula is C17H34FNO5Si5. The maximum atomic E-state index is 12.8. The smallest absolute Gasteiger partial charge is 0.316 e. The number of anilines is 1. The molecule has 0 radical (unpaired) electrons. The van der Waals surface area contributed by atoms with Crippen molar-refractivity contribution in [1.82, 2.24) is 0 Å². The van der Waals surface area contributed by atoms with Gasteiger partial charge in [0.2, 0.25) is 0 Å². The molecular weight excluding hydrogens is 458 g/mol. The summed E-state index contributed by atoms with van der Waals surface area (Å²) in [5.74, 6) is -0.534. The van der Waals surface area contributed by atoms with Crippen LogP contribution in [0.5, 0.6) is 0 Å². The highest BCUT2D eigenvalue weighted by Gasteiger charge is 2.41. The lowest BCUT2D eigenvalue weighted by Crippen LogP contribution is -2.54. The first-order chi connectivity index (χ1) is 13.5. The van der Waals surface area contributed by atoms with Crippen LogP contribution in [0, 0.1) is 0 Å². The molecule has 1 aromatic rings. The van der Waals surface area contributed by atoms with Gasteiger partial charge in [0.05, 0.1) is 8.07 Å². The second-order valence-corrected chi connectivity index (χ2v) is 23.4. The minimum atomic E-state index is -2.36. The number of hydrogen-bond acceptors (Lipinski definition) is 5. The number of carbonyl (C=O) groups excluding carboxylic acids is 1. The van der Waals surface area contributed by atoms with Gasteiger partial charge in [0.25, 0.3) is 33.8 Å². The normalized spacial score (nSPS) is 28.5. The molecule has 164 valence electrons. The van der Waals surface area contributed by atoms with Gasteiger partial charge in [0, 0.05) is 12.7 Å². The van der Waals surface area contributed by atoms with Crippen LogP contribution in [-0.2, 0) is 21.3 Å². The number of nitrogens with zero attached hydrogens (tertiary/aromatic N) is 1. The Hall–Kier alpha value is -0.456. The van der Waals surface area contributed by atoms with E-state index >= 15 is 0 Å². The van der Waals surface area contributed by atoms with Crippen LogP contribution in [0.4, 0.5) is 10.1 Å². The average molecular weight is 492 g/mol. The fraction of sp³-hybridized carbons (Fsp3) is 0.588. The zero-order valence-electron chi connectivity index (χ0n) is 18.5. The van der Waals surface area contributed by atoms with Crippen LogP contribution in [0.15, 0.2) is 24.3 Å². The third-order valence-corrected chi connectivity index (χ3v) is 23.1. The Bertz CT molecular complexity index is 699. The molecule has 1 fully saturated rings. The Morgan fingerprint density at radius 3 is 2.28 bits per heavy atom. The lowest BCUT2D eigenvalue weighted by atomic mass is 10.3. The molecule has 2 atom stereocenters. The maximum absolute atomic E-state index is 12.8. The van der Waals surface area contributed by atoms with Gasteiger partial charge in [-0.3, -0.25) is 4.79 Å². The lowest BCUT2D eigenvalue weighted by molar-refractivity contribution is -0.119. The molecule has 1 saturated heterocycles. The first kappa shape index (κ1) is 24.8. The van der Waals surface area contributed by atoms with Crippen LogP contribution in [0.1, 0.15) is 0 Å². The van der Waals surface area contributed by atoms with Crippen LogP contribution in [-0.4, -0.2) is 64.1 Å². The molecule has 0 spiro atoms. The van der Waals surface area contributed by atoms with E-state index in [-0.39, 0.29) is 0 Å². The van der Waals surface area contributed by atoms with Gasteiger partial charge in [0.1, 0.15) is 0 Å². The second-order valence-electron chi connectivity index (χ2n) is 8.37. The Kier molecular flexibility index (Phi) is 8.76. The third kappa shape index (κ3) is 7.04. The standard InChI is InChI=1S/C17H34FNO5Si5/c1-19(17(20)14-18)15-9-8-10-16(13-15)28(5,6)11-12-29(7)23-26(3)21-25(2)22-27(4)24-29/h8-10,13,25-27H,11-12,14H2,1-7H3. The van der Waals surface area contributed by atoms with Crippen LogP contribution >= 0.6 is 0 Å². The molecule has 0 N–H and O–H groups in total. The summed E-state index contributed by atoms with van der Waals surface area (Å²) < 4.78 is 37.6. The van der Waals surface area contributed by atoms with Crippen molar-refractivity contribution in [2.45, 2.75) is 51.4 Å². The fourth-order valence-electron chi connectivity index (χ4n) is 3.53. The van der Waals surface area contributed by atoms with Gasteiger partial charge in [-0.05, 0) is 44.4 Å². The number of hydrogen-bond donors (Lipinski definition) is 0. The van der Waals surface area contributed by atoms with E-state index in [0.717, 1.165) is 17.8 Å². The number of alkyl halides is 1. The molecule has 6 nitrogen and oxygen atoms in total. The highest BCUT2D eigenvalue weighted by Crippen LogP contribution is 2.26. The summed E-state index contributed by atoms with van der Waals surface area (Å²) in [6.45, 7) is 11.9. The molecule has 1 amide bonds. The van der Waals surface area contributed by atoms with Crippen LogP contribution in [0.3, 0.4) is 0 Å². The monoisotopic (exact) mass is 491 g/mol. The summed E-state index contributed by atoms with van der Waals surface area (Å²) in [7, 11) is -7.68. The molecule has 1 heterocycles. The Labute approximate surface area is 181 Å². The van der Waals surface area contributed by atoms with Crippen molar-refractivity contribution in [3.8, 4) is 0 Å². The van der Waals surface area contributed by atoms with Crippen molar-refractivity contribution in [2.75, 3.05) is 18.6 Å². The van der Waals surface area contributed by atoms with Crippen molar-refractivity contribution in [3.63, 3.8) is 0 Å². The van der Waals surface area contributed by atoms with Gasteiger partial charge in [-0.25, -0.2) is 4.39 Å². The largest absolute Gasteiger partial charge is 0.420 e. The molecule has 1 aromatic carbocycles. The molecule has 29 heavy (non-hydrogen) atoms. The van der Waals surface area contributed by atoms with E-state index in [2.05, 4.69) is 38.8 Å². The SMILES string of the molecule is CN(C(=O)CF)c1cccc([Si](C)(C)CC[Si]2(C)O[SiH](C)O[SiH](C)O[SiH](C)O2)c1. The van der Waals surface area contributed by atoms with Gasteiger partial charge in [0.15, 0.2) is 6.67 Å². The van der Waals surface area contributed by atoms with Gasteiger partial charge in [-0.1, -0.05) is 36.5 Å². The van der Waals surface area contributed by atoms with Gasteiger partial charge >= 0.3 is 8.56 Å². The summed E-state index contributed by atoms with van der Waals surface area (Å²) in [5.41, 5.74) is 0.732. The number of benzene rings is 1. The molecule has 12 heteroatoms. The van der Waals surface area contributed by atoms with Gasteiger partial charge in [-0.2, -0.15) is 0 Å². The summed E-state index contributed by atoms with van der Waals surface area (Å²) in [4.78, 5) is 13.1. The minimum Gasteiger partial charge on any atom is -0.420 e. The van der Waals surface area contributed by atoms with E-state index in [1.165, 1.54) is 10.1 Å². The van der Waals surface area contributed by atoms with E-state index in [4.69, 9.17) is 16.5 Å². The van der Waals surface area contributed by atoms with E-state index in [0.29, 0.717) is 0 Å². The van der Waals surface area contributed by atoms with E-state index < -0.39 is 57.1 Å². The molecule has 0 aromatic heterocycles. The molecule has 0 bridgehead atoms. The predicted molar refractivity (Wildman–Crippen MR) is 128 cm³/mol. The number of carbonyl (C=O) groups is 1. The van der Waals surface area contributed by atoms with Gasteiger partial charge < -0.3 is 21.4 Å². The fourth-order valence-corrected chi connectivity index (χ4v) is 23.1. The number of halogens is 1. The van der Waals surface area contributed by atoms with Gasteiger partial charge in [-0.15, -0.1) is 0 Å². The van der Waals surface area contributed by atoms with Crippen molar-refractivity contribution < 1.29 is 25.6 Å². The molecule has 1 aliphatic heterocycles. The maximum Gasteiger partial charge on any atom is 0.316 e. The van der Waals surface area contributed by atoms with E-state index in [1.807, 2.05) is 24.7 Å². The first-order valence-electron chi connectivity index (χ1n) is 10.1. The Morgan fingerprint density at radius 2 is 1.72 bits per heavy atom. The number of amides is 1. The van der Waals surface area contributed by atoms with E-state index in [9.17, 15) is 9.18 Å². The predicted octanol–water partition coefficient (Wildman–Crippen LogP) is 2.24. The van der Waals surface area contributed by atoms with Crippen LogP contribution < -0.4 is 10.1 Å². The third-order valence-electron chi connectivity index (χ3n) is 5.30. The summed E-state index contributed by atoms with van der Waals surface area (Å²) in [6, 6.07) is 9.83. The first-order valence-corrected chi connectivity index (χ1v) is 22.1. The van der Waals surface area contributed by atoms with Crippen molar-refractivity contribution >= 4 is 61.3 Å². The summed E-state index contributed by atoms with van der Waals surface area (Å²) >= 11 is 0. The second kappa shape index (κ2) is 10.2. The van der Waals surface area contributed by atoms with Crippen LogP contribution in [0.25, 0.3) is 0 Å². The molecule has 2 rings (SSSR count).